The lowest BCUT2D eigenvalue weighted by atomic mass is 9.86. The van der Waals surface area contributed by atoms with Crippen molar-refractivity contribution < 1.29 is 9.53 Å². The van der Waals surface area contributed by atoms with Crippen LogP contribution in [0.2, 0.25) is 0 Å². The minimum absolute atomic E-state index is 0.0270. The number of anilines is 1. The molecule has 4 rings (SSSR count). The summed E-state index contributed by atoms with van der Waals surface area (Å²) >= 11 is 0. The molecular formula is C17H15NO2. The van der Waals surface area contributed by atoms with Gasteiger partial charge < -0.3 is 9.64 Å². The lowest BCUT2D eigenvalue weighted by Crippen LogP contribution is -2.39. The largest absolute Gasteiger partial charge is 0.485 e. The number of ether oxygens (including phenoxy) is 1. The summed E-state index contributed by atoms with van der Waals surface area (Å²) in [6.07, 6.45) is 0.0270. The van der Waals surface area contributed by atoms with E-state index < -0.39 is 0 Å². The van der Waals surface area contributed by atoms with E-state index in [9.17, 15) is 4.79 Å². The maximum absolute atomic E-state index is 11.9. The van der Waals surface area contributed by atoms with Crippen molar-refractivity contribution in [3.05, 3.63) is 59.7 Å². The summed E-state index contributed by atoms with van der Waals surface area (Å²) < 4.78 is 6.13. The van der Waals surface area contributed by atoms with E-state index in [2.05, 4.69) is 12.1 Å². The van der Waals surface area contributed by atoms with E-state index in [4.69, 9.17) is 4.74 Å². The maximum Gasteiger partial charge on any atom is 0.223 e. The third-order valence-electron chi connectivity index (χ3n) is 4.23. The molecule has 3 heteroatoms. The van der Waals surface area contributed by atoms with Gasteiger partial charge in [0.2, 0.25) is 5.91 Å². The topological polar surface area (TPSA) is 29.5 Å². The van der Waals surface area contributed by atoms with Crippen LogP contribution in [0.5, 0.6) is 5.75 Å². The average molecular weight is 265 g/mol. The van der Waals surface area contributed by atoms with Gasteiger partial charge in [0.15, 0.2) is 0 Å². The van der Waals surface area contributed by atoms with Gasteiger partial charge in [-0.3, -0.25) is 4.79 Å². The summed E-state index contributed by atoms with van der Waals surface area (Å²) in [5.41, 5.74) is 3.29. The third-order valence-corrected chi connectivity index (χ3v) is 4.23. The van der Waals surface area contributed by atoms with E-state index in [0.29, 0.717) is 6.54 Å². The lowest BCUT2D eigenvalue weighted by Gasteiger charge is -2.35. The number of benzene rings is 2. The predicted molar refractivity (Wildman–Crippen MR) is 77.0 cm³/mol. The zero-order valence-electron chi connectivity index (χ0n) is 11.2. The Bertz CT molecular complexity index is 695. The first-order chi connectivity index (χ1) is 9.75. The highest BCUT2D eigenvalue weighted by Crippen LogP contribution is 2.51. The molecule has 0 bridgehead atoms. The zero-order chi connectivity index (χ0) is 13.7. The van der Waals surface area contributed by atoms with Crippen LogP contribution in [0.25, 0.3) is 0 Å². The van der Waals surface area contributed by atoms with E-state index in [1.165, 1.54) is 5.56 Å². The summed E-state index contributed by atoms with van der Waals surface area (Å²) in [6.45, 7) is 2.31. The molecule has 0 fully saturated rings. The first-order valence-electron chi connectivity index (χ1n) is 6.88. The molecule has 0 unspecified atom stereocenters. The van der Waals surface area contributed by atoms with E-state index in [0.717, 1.165) is 17.0 Å². The second-order valence-electron chi connectivity index (χ2n) is 5.37. The van der Waals surface area contributed by atoms with Crippen LogP contribution in [0.1, 0.15) is 30.1 Å². The van der Waals surface area contributed by atoms with Crippen molar-refractivity contribution in [2.24, 2.45) is 0 Å². The quantitative estimate of drug-likeness (QED) is 0.731. The Hall–Kier alpha value is -2.29. The highest BCUT2D eigenvalue weighted by atomic mass is 16.5. The predicted octanol–water partition coefficient (Wildman–Crippen LogP) is 3.27. The van der Waals surface area contributed by atoms with Gasteiger partial charge in [0.1, 0.15) is 11.9 Å². The summed E-state index contributed by atoms with van der Waals surface area (Å²) in [5, 5.41) is 0. The molecule has 2 aromatic carbocycles. The Balaban J connectivity index is 1.88. The number of carbonyl (C=O) groups is 1. The van der Waals surface area contributed by atoms with E-state index in [1.807, 2.05) is 41.3 Å². The molecule has 0 saturated heterocycles. The van der Waals surface area contributed by atoms with Gasteiger partial charge in [0.25, 0.3) is 0 Å². The monoisotopic (exact) mass is 265 g/mol. The van der Waals surface area contributed by atoms with Gasteiger partial charge in [-0.05, 0) is 12.1 Å². The second kappa shape index (κ2) is 4.10. The van der Waals surface area contributed by atoms with Crippen LogP contribution in [0.4, 0.5) is 5.69 Å². The minimum atomic E-state index is 0.0270. The molecule has 2 aromatic rings. The average Bonchev–Trinajstić information content (AvgIpc) is 2.85. The zero-order valence-corrected chi connectivity index (χ0v) is 11.2. The molecule has 0 aromatic heterocycles. The fourth-order valence-corrected chi connectivity index (χ4v) is 3.32. The molecule has 0 N–H and O–H groups in total. The molecule has 2 aliphatic rings. The molecule has 0 aliphatic carbocycles. The smallest absolute Gasteiger partial charge is 0.223 e. The highest BCUT2D eigenvalue weighted by molar-refractivity contribution is 5.93. The maximum atomic E-state index is 11.9. The van der Waals surface area contributed by atoms with Gasteiger partial charge in [-0.15, -0.1) is 0 Å². The molecule has 0 saturated carbocycles. The Kier molecular flexibility index (Phi) is 2.36. The van der Waals surface area contributed by atoms with Crippen LogP contribution in [-0.4, -0.2) is 12.5 Å². The van der Waals surface area contributed by atoms with Gasteiger partial charge >= 0.3 is 0 Å². The molecular weight excluding hydrogens is 250 g/mol. The molecule has 2 atom stereocenters. The van der Waals surface area contributed by atoms with Crippen molar-refractivity contribution in [1.82, 2.24) is 0 Å². The van der Waals surface area contributed by atoms with Gasteiger partial charge in [-0.25, -0.2) is 0 Å². The number of nitrogens with zero attached hydrogens (tertiary/aromatic N) is 1. The number of fused-ring (bicyclic) bond motifs is 5. The number of hydrogen-bond donors (Lipinski definition) is 0. The second-order valence-corrected chi connectivity index (χ2v) is 5.37. The van der Waals surface area contributed by atoms with Crippen LogP contribution >= 0.6 is 0 Å². The number of carbonyl (C=O) groups excluding carboxylic acids is 1. The molecule has 2 heterocycles. The molecule has 100 valence electrons. The molecule has 0 radical (unpaired) electrons. The van der Waals surface area contributed by atoms with Crippen LogP contribution in [-0.2, 0) is 4.79 Å². The summed E-state index contributed by atoms with van der Waals surface area (Å²) in [7, 11) is 0. The Morgan fingerprint density at radius 3 is 2.60 bits per heavy atom. The summed E-state index contributed by atoms with van der Waals surface area (Å²) in [4.78, 5) is 13.8. The lowest BCUT2D eigenvalue weighted by molar-refractivity contribution is -0.116. The van der Waals surface area contributed by atoms with Crippen molar-refractivity contribution >= 4 is 11.6 Å². The molecule has 0 spiro atoms. The van der Waals surface area contributed by atoms with E-state index in [1.54, 1.807) is 6.92 Å². The number of para-hydroxylation sites is 2. The minimum Gasteiger partial charge on any atom is -0.485 e. The molecule has 3 nitrogen and oxygen atoms in total. The number of amides is 1. The van der Waals surface area contributed by atoms with Crippen molar-refractivity contribution in [3.63, 3.8) is 0 Å². The summed E-state index contributed by atoms with van der Waals surface area (Å²) in [6, 6.07) is 16.2. The standard InChI is InChI=1S/C17H15NO2/c1-11(19)18-10-14-12-6-3-5-9-16(12)20-17(14)13-7-2-4-8-15(13)18/h2-9,14,17H,10H2,1H3/t14-,17-/m1/s1. The van der Waals surface area contributed by atoms with Crippen molar-refractivity contribution in [3.8, 4) is 5.75 Å². The van der Waals surface area contributed by atoms with Crippen molar-refractivity contribution in [2.75, 3.05) is 11.4 Å². The fourth-order valence-electron chi connectivity index (χ4n) is 3.32. The van der Waals surface area contributed by atoms with E-state index >= 15 is 0 Å². The van der Waals surface area contributed by atoms with Crippen LogP contribution < -0.4 is 9.64 Å². The first kappa shape index (κ1) is 11.5. The fraction of sp³-hybridized carbons (Fsp3) is 0.235. The normalized spacial score (nSPS) is 22.6. The molecule has 20 heavy (non-hydrogen) atoms. The molecule has 2 aliphatic heterocycles. The van der Waals surface area contributed by atoms with Crippen molar-refractivity contribution in [2.45, 2.75) is 18.9 Å². The van der Waals surface area contributed by atoms with E-state index in [-0.39, 0.29) is 17.9 Å². The van der Waals surface area contributed by atoms with Gasteiger partial charge in [0, 0.05) is 30.5 Å². The SMILES string of the molecule is CC(=O)N1C[C@@H]2c3ccccc3O[C@@H]2c2ccccc21. The Morgan fingerprint density at radius 2 is 1.80 bits per heavy atom. The first-order valence-corrected chi connectivity index (χ1v) is 6.88. The highest BCUT2D eigenvalue weighted by Gasteiger charge is 2.42. The summed E-state index contributed by atoms with van der Waals surface area (Å²) in [5.74, 6) is 1.26. The number of hydrogen-bond acceptors (Lipinski definition) is 2. The van der Waals surface area contributed by atoms with Gasteiger partial charge in [0.05, 0.1) is 5.69 Å². The third kappa shape index (κ3) is 1.49. The van der Waals surface area contributed by atoms with Crippen LogP contribution in [0, 0.1) is 0 Å². The van der Waals surface area contributed by atoms with Gasteiger partial charge in [-0.1, -0.05) is 36.4 Å². The van der Waals surface area contributed by atoms with Crippen LogP contribution in [0.15, 0.2) is 48.5 Å². The van der Waals surface area contributed by atoms with Gasteiger partial charge in [-0.2, -0.15) is 0 Å². The Labute approximate surface area is 117 Å². The molecule has 1 amide bonds. The van der Waals surface area contributed by atoms with Crippen LogP contribution in [0.3, 0.4) is 0 Å². The Morgan fingerprint density at radius 1 is 1.10 bits per heavy atom. The van der Waals surface area contributed by atoms with Crippen molar-refractivity contribution in [1.29, 1.82) is 0 Å². The number of rotatable bonds is 0.